The molecule has 0 atom stereocenters. The van der Waals surface area contributed by atoms with Crippen LogP contribution in [0.25, 0.3) is 0 Å². The summed E-state index contributed by atoms with van der Waals surface area (Å²) in [6.45, 7) is 3.55. The molecule has 0 aromatic carbocycles. The van der Waals surface area contributed by atoms with Crippen LogP contribution in [0.1, 0.15) is 13.8 Å². The van der Waals surface area contributed by atoms with Crippen LogP contribution in [0.3, 0.4) is 0 Å². The predicted molar refractivity (Wildman–Crippen MR) is 50.1 cm³/mol. The maximum Gasteiger partial charge on any atom is 0.252 e. The van der Waals surface area contributed by atoms with E-state index in [0.29, 0.717) is 11.4 Å². The summed E-state index contributed by atoms with van der Waals surface area (Å²) in [7, 11) is 0. The summed E-state index contributed by atoms with van der Waals surface area (Å²) in [5.74, 6) is 0.316. The van der Waals surface area contributed by atoms with E-state index in [2.05, 4.69) is 15.3 Å². The molecular formula is C9H11N3O. The lowest BCUT2D eigenvalue weighted by molar-refractivity contribution is -0.112. The molecule has 1 N–H and O–H groups in total. The molecule has 0 fully saturated rings. The van der Waals surface area contributed by atoms with Crippen molar-refractivity contribution in [1.29, 1.82) is 0 Å². The molecule has 1 heterocycles. The number of hydrogen-bond acceptors (Lipinski definition) is 3. The number of amides is 1. The molecule has 4 heteroatoms. The van der Waals surface area contributed by atoms with Crippen molar-refractivity contribution in [3.63, 3.8) is 0 Å². The molecular weight excluding hydrogens is 166 g/mol. The number of carbonyl (C=O) groups is 1. The van der Waals surface area contributed by atoms with Crippen molar-refractivity contribution < 1.29 is 4.79 Å². The quantitative estimate of drug-likeness (QED) is 0.694. The van der Waals surface area contributed by atoms with Crippen molar-refractivity contribution in [1.82, 2.24) is 9.97 Å². The number of allylic oxidation sites excluding steroid dienone is 1. The van der Waals surface area contributed by atoms with E-state index in [1.165, 1.54) is 12.4 Å². The highest BCUT2D eigenvalue weighted by atomic mass is 16.1. The highest BCUT2D eigenvalue weighted by Gasteiger charge is 2.03. The number of hydrogen-bond donors (Lipinski definition) is 1. The van der Waals surface area contributed by atoms with Crippen molar-refractivity contribution in [2.75, 3.05) is 5.32 Å². The molecule has 0 bridgehead atoms. The van der Waals surface area contributed by atoms with Crippen molar-refractivity contribution >= 4 is 11.7 Å². The van der Waals surface area contributed by atoms with Gasteiger partial charge in [0, 0.05) is 18.0 Å². The van der Waals surface area contributed by atoms with Crippen LogP contribution in [0.5, 0.6) is 0 Å². The van der Waals surface area contributed by atoms with Crippen LogP contribution in [0, 0.1) is 0 Å². The minimum Gasteiger partial charge on any atom is -0.306 e. The number of carbonyl (C=O) groups excluding carboxylic acids is 1. The fraction of sp³-hybridized carbons (Fsp3) is 0.222. The molecule has 1 aromatic heterocycles. The largest absolute Gasteiger partial charge is 0.306 e. The number of nitrogens with zero attached hydrogens (tertiary/aromatic N) is 2. The van der Waals surface area contributed by atoms with E-state index >= 15 is 0 Å². The van der Waals surface area contributed by atoms with Gasteiger partial charge in [-0.1, -0.05) is 6.08 Å². The highest BCUT2D eigenvalue weighted by molar-refractivity contribution is 6.02. The van der Waals surface area contributed by atoms with E-state index in [9.17, 15) is 4.79 Å². The van der Waals surface area contributed by atoms with Gasteiger partial charge in [0.15, 0.2) is 5.82 Å². The first-order valence-electron chi connectivity index (χ1n) is 3.94. The van der Waals surface area contributed by atoms with Crippen LogP contribution < -0.4 is 5.32 Å². The van der Waals surface area contributed by atoms with Gasteiger partial charge in [-0.15, -0.1) is 0 Å². The Kier molecular flexibility index (Phi) is 3.14. The van der Waals surface area contributed by atoms with Gasteiger partial charge >= 0.3 is 0 Å². The number of nitrogens with one attached hydrogen (secondary N) is 1. The molecule has 13 heavy (non-hydrogen) atoms. The summed E-state index contributed by atoms with van der Waals surface area (Å²) in [5, 5.41) is 2.61. The van der Waals surface area contributed by atoms with Gasteiger partial charge < -0.3 is 5.32 Å². The Hall–Kier alpha value is -1.71. The molecule has 1 rings (SSSR count). The molecule has 0 unspecified atom stereocenters. The molecule has 0 saturated heterocycles. The minimum absolute atomic E-state index is 0.150. The van der Waals surface area contributed by atoms with Crippen LogP contribution in [0.2, 0.25) is 0 Å². The average Bonchev–Trinajstić information content (AvgIpc) is 2.18. The lowest BCUT2D eigenvalue weighted by atomic mass is 10.3. The van der Waals surface area contributed by atoms with Gasteiger partial charge in [-0.25, -0.2) is 4.98 Å². The van der Waals surface area contributed by atoms with Gasteiger partial charge in [0.1, 0.15) is 0 Å². The van der Waals surface area contributed by atoms with Crippen LogP contribution >= 0.6 is 0 Å². The fourth-order valence-electron chi connectivity index (χ4n) is 0.710. The summed E-state index contributed by atoms with van der Waals surface area (Å²) in [5.41, 5.74) is 0.658. The third kappa shape index (κ3) is 2.66. The van der Waals surface area contributed by atoms with Gasteiger partial charge in [-0.3, -0.25) is 9.78 Å². The maximum absolute atomic E-state index is 11.3. The fourth-order valence-corrected chi connectivity index (χ4v) is 0.710. The SMILES string of the molecule is C/C=C(/C)C(=O)Nc1cnccn1. The number of anilines is 1. The lowest BCUT2D eigenvalue weighted by Gasteiger charge is -2.02. The van der Waals surface area contributed by atoms with Gasteiger partial charge in [-0.05, 0) is 13.8 Å². The zero-order chi connectivity index (χ0) is 9.68. The maximum atomic E-state index is 11.3. The molecule has 0 saturated carbocycles. The number of aromatic nitrogens is 2. The number of rotatable bonds is 2. The Labute approximate surface area is 76.7 Å². The first-order valence-corrected chi connectivity index (χ1v) is 3.94. The van der Waals surface area contributed by atoms with Gasteiger partial charge in [-0.2, -0.15) is 0 Å². The zero-order valence-electron chi connectivity index (χ0n) is 7.61. The molecule has 0 radical (unpaired) electrons. The van der Waals surface area contributed by atoms with E-state index in [4.69, 9.17) is 0 Å². The van der Waals surface area contributed by atoms with Crippen molar-refractivity contribution in [3.05, 3.63) is 30.2 Å². The first-order chi connectivity index (χ1) is 6.24. The van der Waals surface area contributed by atoms with E-state index in [1.54, 1.807) is 19.2 Å². The zero-order valence-corrected chi connectivity index (χ0v) is 7.61. The summed E-state index contributed by atoms with van der Waals surface area (Å²) < 4.78 is 0. The molecule has 0 spiro atoms. The summed E-state index contributed by atoms with van der Waals surface area (Å²) >= 11 is 0. The normalized spacial score (nSPS) is 11.1. The molecule has 0 aliphatic heterocycles. The Balaban J connectivity index is 2.66. The smallest absolute Gasteiger partial charge is 0.252 e. The molecule has 68 valence electrons. The van der Waals surface area contributed by atoms with Crippen LogP contribution in [0.4, 0.5) is 5.82 Å². The first kappa shape index (κ1) is 9.38. The monoisotopic (exact) mass is 177 g/mol. The van der Waals surface area contributed by atoms with Crippen molar-refractivity contribution in [2.24, 2.45) is 0 Å². The Bertz CT molecular complexity index is 319. The van der Waals surface area contributed by atoms with Gasteiger partial charge in [0.25, 0.3) is 5.91 Å². The van der Waals surface area contributed by atoms with E-state index in [-0.39, 0.29) is 5.91 Å². The second-order valence-electron chi connectivity index (χ2n) is 2.52. The van der Waals surface area contributed by atoms with Crippen LogP contribution in [-0.2, 0) is 4.79 Å². The second-order valence-corrected chi connectivity index (χ2v) is 2.52. The topological polar surface area (TPSA) is 54.9 Å². The predicted octanol–water partition coefficient (Wildman–Crippen LogP) is 1.38. The third-order valence-electron chi connectivity index (χ3n) is 1.60. The molecule has 1 aromatic rings. The Morgan fingerprint density at radius 1 is 1.54 bits per heavy atom. The second kappa shape index (κ2) is 4.35. The average molecular weight is 177 g/mol. The summed E-state index contributed by atoms with van der Waals surface area (Å²) in [6.07, 6.45) is 6.32. The van der Waals surface area contributed by atoms with Crippen LogP contribution in [-0.4, -0.2) is 15.9 Å². The van der Waals surface area contributed by atoms with Gasteiger partial charge in [0.05, 0.1) is 6.20 Å². The van der Waals surface area contributed by atoms with E-state index in [1.807, 2.05) is 6.92 Å². The minimum atomic E-state index is -0.150. The summed E-state index contributed by atoms with van der Waals surface area (Å²) in [4.78, 5) is 19.0. The lowest BCUT2D eigenvalue weighted by Crippen LogP contribution is -2.13. The van der Waals surface area contributed by atoms with Crippen LogP contribution in [0.15, 0.2) is 30.2 Å². The highest BCUT2D eigenvalue weighted by Crippen LogP contribution is 2.01. The third-order valence-corrected chi connectivity index (χ3v) is 1.60. The van der Waals surface area contributed by atoms with E-state index in [0.717, 1.165) is 0 Å². The Morgan fingerprint density at radius 3 is 2.85 bits per heavy atom. The Morgan fingerprint density at radius 2 is 2.31 bits per heavy atom. The molecule has 4 nitrogen and oxygen atoms in total. The van der Waals surface area contributed by atoms with Crippen molar-refractivity contribution in [3.8, 4) is 0 Å². The standard InChI is InChI=1S/C9H11N3O/c1-3-7(2)9(13)12-8-6-10-4-5-11-8/h3-6H,1-2H3,(H,11,12,13)/b7-3-. The van der Waals surface area contributed by atoms with Gasteiger partial charge in [0.2, 0.25) is 0 Å². The molecule has 0 aliphatic rings. The molecule has 1 amide bonds. The van der Waals surface area contributed by atoms with Crippen molar-refractivity contribution in [2.45, 2.75) is 13.8 Å². The summed E-state index contributed by atoms with van der Waals surface area (Å²) in [6, 6.07) is 0. The molecule has 0 aliphatic carbocycles. The van der Waals surface area contributed by atoms with E-state index < -0.39 is 0 Å².